The van der Waals surface area contributed by atoms with E-state index in [9.17, 15) is 27.6 Å². The number of anilines is 1. The zero-order chi connectivity index (χ0) is 23.9. The molecule has 2 aromatic rings. The fraction of sp³-hybridized carbons (Fsp3) is 0.455. The number of alkyl halides is 3. The Hall–Kier alpha value is -2.79. The summed E-state index contributed by atoms with van der Waals surface area (Å²) in [7, 11) is 0. The van der Waals surface area contributed by atoms with Crippen LogP contribution in [0.5, 0.6) is 0 Å². The molecule has 0 spiro atoms. The normalized spacial score (nSPS) is 33.0. The monoisotopic (exact) mass is 480 g/mol. The summed E-state index contributed by atoms with van der Waals surface area (Å²) in [5, 5.41) is 1.75. The molecule has 3 fully saturated rings. The zero-order valence-corrected chi connectivity index (χ0v) is 18.6. The number of amides is 2. The maximum absolute atomic E-state index is 13.9. The molecular weight excluding hydrogens is 461 g/mol. The number of thiazole rings is 1. The van der Waals surface area contributed by atoms with Crippen LogP contribution in [-0.2, 0) is 30.0 Å². The van der Waals surface area contributed by atoms with E-state index in [4.69, 9.17) is 9.47 Å². The number of nitrogens with zero attached hydrogens (tertiary/aromatic N) is 2. The summed E-state index contributed by atoms with van der Waals surface area (Å²) in [5.41, 5.74) is -3.60. The molecule has 5 rings (SSSR count). The number of hydrogen-bond acceptors (Lipinski definition) is 7. The van der Waals surface area contributed by atoms with E-state index in [-0.39, 0.29) is 22.7 Å². The van der Waals surface area contributed by atoms with E-state index >= 15 is 0 Å². The third-order valence-electron chi connectivity index (χ3n) is 6.80. The van der Waals surface area contributed by atoms with Crippen LogP contribution in [0.2, 0.25) is 0 Å². The van der Waals surface area contributed by atoms with Gasteiger partial charge in [-0.2, -0.15) is 13.2 Å². The Morgan fingerprint density at radius 3 is 2.55 bits per heavy atom. The van der Waals surface area contributed by atoms with Gasteiger partial charge in [0.2, 0.25) is 11.8 Å². The molecule has 1 aromatic carbocycles. The van der Waals surface area contributed by atoms with E-state index < -0.39 is 58.7 Å². The second-order valence-corrected chi connectivity index (χ2v) is 9.83. The average Bonchev–Trinajstić information content (AvgIpc) is 3.42. The van der Waals surface area contributed by atoms with Gasteiger partial charge >= 0.3 is 12.1 Å². The summed E-state index contributed by atoms with van der Waals surface area (Å²) in [4.78, 5) is 43.1. The van der Waals surface area contributed by atoms with Gasteiger partial charge in [-0.15, -0.1) is 11.3 Å². The highest BCUT2D eigenvalue weighted by atomic mass is 32.1. The number of aromatic nitrogens is 1. The van der Waals surface area contributed by atoms with Crippen molar-refractivity contribution in [2.45, 2.75) is 50.7 Å². The van der Waals surface area contributed by atoms with Crippen molar-refractivity contribution in [2.75, 3.05) is 4.90 Å². The highest BCUT2D eigenvalue weighted by Gasteiger charge is 2.76. The molecule has 11 heteroatoms. The Bertz CT molecular complexity index is 1180. The molecule has 2 amide bonds. The van der Waals surface area contributed by atoms with Gasteiger partial charge < -0.3 is 9.47 Å². The molecule has 0 N–H and O–H groups in total. The van der Waals surface area contributed by atoms with Crippen molar-refractivity contribution in [1.82, 2.24) is 4.98 Å². The fourth-order valence-electron chi connectivity index (χ4n) is 5.56. The van der Waals surface area contributed by atoms with E-state index in [1.54, 1.807) is 19.2 Å². The first kappa shape index (κ1) is 22.0. The van der Waals surface area contributed by atoms with Crippen molar-refractivity contribution in [3.05, 3.63) is 35.3 Å². The highest BCUT2D eigenvalue weighted by molar-refractivity contribution is 7.13. The maximum Gasteiger partial charge on any atom is 0.417 e. The second-order valence-electron chi connectivity index (χ2n) is 8.93. The van der Waals surface area contributed by atoms with E-state index in [0.717, 1.165) is 22.3 Å². The minimum Gasteiger partial charge on any atom is -0.459 e. The molecule has 174 valence electrons. The number of hydrogen-bond donors (Lipinski definition) is 0. The number of imide groups is 1. The van der Waals surface area contributed by atoms with Gasteiger partial charge in [-0.1, -0.05) is 0 Å². The van der Waals surface area contributed by atoms with Gasteiger partial charge in [0.1, 0.15) is 16.7 Å². The Morgan fingerprint density at radius 1 is 1.24 bits per heavy atom. The lowest BCUT2D eigenvalue weighted by Gasteiger charge is -2.34. The van der Waals surface area contributed by atoms with E-state index in [1.165, 1.54) is 25.3 Å². The molecule has 0 aliphatic carbocycles. The van der Waals surface area contributed by atoms with E-state index in [1.807, 2.05) is 0 Å². The van der Waals surface area contributed by atoms with Crippen molar-refractivity contribution >= 4 is 34.8 Å². The summed E-state index contributed by atoms with van der Waals surface area (Å²) in [6, 6.07) is 3.35. The molecule has 4 heterocycles. The van der Waals surface area contributed by atoms with Crippen LogP contribution in [-0.4, -0.2) is 40.1 Å². The Balaban J connectivity index is 1.57. The van der Waals surface area contributed by atoms with Crippen LogP contribution in [0.4, 0.5) is 18.9 Å². The molecule has 0 unspecified atom stereocenters. The number of halogens is 3. The van der Waals surface area contributed by atoms with Crippen molar-refractivity contribution in [3.8, 4) is 10.6 Å². The van der Waals surface area contributed by atoms with Gasteiger partial charge in [0.05, 0.1) is 28.7 Å². The van der Waals surface area contributed by atoms with Gasteiger partial charge in [0, 0.05) is 30.5 Å². The van der Waals surface area contributed by atoms with E-state index in [2.05, 4.69) is 4.98 Å². The average molecular weight is 480 g/mol. The summed E-state index contributed by atoms with van der Waals surface area (Å²) in [6.45, 7) is 4.52. The van der Waals surface area contributed by atoms with Crippen molar-refractivity contribution < 1.29 is 37.0 Å². The number of carbonyl (C=O) groups is 3. The third kappa shape index (κ3) is 3.05. The lowest BCUT2D eigenvalue weighted by molar-refractivity contribution is -0.159. The Labute approximate surface area is 190 Å². The standard InChI is InChI=1S/C22H19F3N2O5S/c1-10(28)31-14-9-20(2)15-16(21(14,3)32-20)19(30)27(18(15)29)11-4-5-12(17-26-6-7-33-17)13(8-11)22(23,24)25/h4-8,14-16H,9H2,1-3H3/t14-,15+,16-,20+,21-/m0/s1. The highest BCUT2D eigenvalue weighted by Crippen LogP contribution is 2.62. The number of fused-ring (bicyclic) bond motifs is 5. The Morgan fingerprint density at radius 2 is 1.94 bits per heavy atom. The largest absolute Gasteiger partial charge is 0.459 e. The minimum absolute atomic E-state index is 0.127. The number of benzene rings is 1. The number of esters is 1. The van der Waals surface area contributed by atoms with Gasteiger partial charge in [0.15, 0.2) is 0 Å². The SMILES string of the molecule is CC(=O)O[C@H]1C[C@@]2(C)O[C@]1(C)[C@@H]1C(=O)N(c3ccc(-c4nccs4)c(C(F)(F)F)c3)C(=O)[C@@H]12. The van der Waals surface area contributed by atoms with Crippen LogP contribution in [0.3, 0.4) is 0 Å². The lowest BCUT2D eigenvalue weighted by atomic mass is 9.67. The maximum atomic E-state index is 13.9. The van der Waals surface area contributed by atoms with Crippen molar-refractivity contribution in [1.29, 1.82) is 0 Å². The minimum atomic E-state index is -4.72. The van der Waals surface area contributed by atoms with Gasteiger partial charge in [-0.05, 0) is 32.0 Å². The Kier molecular flexibility index (Phi) is 4.58. The quantitative estimate of drug-likeness (QED) is 0.491. The number of rotatable bonds is 3. The smallest absolute Gasteiger partial charge is 0.417 e. The van der Waals surface area contributed by atoms with Crippen LogP contribution >= 0.6 is 11.3 Å². The molecule has 3 aliphatic rings. The topological polar surface area (TPSA) is 85.8 Å². The van der Waals surface area contributed by atoms with Gasteiger partial charge in [-0.3, -0.25) is 14.4 Å². The molecule has 2 bridgehead atoms. The molecule has 0 radical (unpaired) electrons. The molecule has 33 heavy (non-hydrogen) atoms. The first-order chi connectivity index (χ1) is 15.4. The number of ether oxygens (including phenoxy) is 2. The van der Waals surface area contributed by atoms with Crippen LogP contribution < -0.4 is 4.90 Å². The first-order valence-corrected chi connectivity index (χ1v) is 11.1. The molecule has 1 aromatic heterocycles. The van der Waals surface area contributed by atoms with Crippen LogP contribution in [0.25, 0.3) is 10.6 Å². The second kappa shape index (κ2) is 6.86. The summed E-state index contributed by atoms with van der Waals surface area (Å²) < 4.78 is 53.1. The molecule has 0 saturated carbocycles. The van der Waals surface area contributed by atoms with Crippen LogP contribution in [0, 0.1) is 11.8 Å². The summed E-state index contributed by atoms with van der Waals surface area (Å²) >= 11 is 1.06. The molecule has 3 saturated heterocycles. The molecular formula is C22H19F3N2O5S. The van der Waals surface area contributed by atoms with Gasteiger partial charge in [0.25, 0.3) is 0 Å². The summed E-state index contributed by atoms with van der Waals surface area (Å²) in [6.07, 6.45) is -3.84. The third-order valence-corrected chi connectivity index (χ3v) is 7.61. The van der Waals surface area contributed by atoms with Crippen molar-refractivity contribution in [2.24, 2.45) is 11.8 Å². The van der Waals surface area contributed by atoms with Gasteiger partial charge in [-0.25, -0.2) is 9.88 Å². The predicted octanol–water partition coefficient (Wildman–Crippen LogP) is 3.82. The fourth-order valence-corrected chi connectivity index (χ4v) is 6.24. The van der Waals surface area contributed by atoms with E-state index in [0.29, 0.717) is 0 Å². The lowest BCUT2D eigenvalue weighted by Crippen LogP contribution is -2.50. The summed E-state index contributed by atoms with van der Waals surface area (Å²) in [5.74, 6) is -3.68. The molecule has 3 aliphatic heterocycles. The first-order valence-electron chi connectivity index (χ1n) is 10.2. The molecule has 5 atom stereocenters. The number of carbonyl (C=O) groups excluding carboxylic acids is 3. The van der Waals surface area contributed by atoms with Crippen molar-refractivity contribution in [3.63, 3.8) is 0 Å². The van der Waals surface area contributed by atoms with Crippen LogP contribution in [0.15, 0.2) is 29.8 Å². The predicted molar refractivity (Wildman–Crippen MR) is 110 cm³/mol. The molecule has 7 nitrogen and oxygen atoms in total. The van der Waals surface area contributed by atoms with Crippen LogP contribution in [0.1, 0.15) is 32.8 Å². The zero-order valence-electron chi connectivity index (χ0n) is 17.8.